The third kappa shape index (κ3) is 7.95. The molecule has 0 bridgehead atoms. The molecule has 0 spiro atoms. The molecule has 1 aromatic rings. The number of ether oxygens (including phenoxy) is 2. The Balaban J connectivity index is 1.89. The van der Waals surface area contributed by atoms with Crippen molar-refractivity contribution in [2.24, 2.45) is 5.92 Å². The van der Waals surface area contributed by atoms with Crippen molar-refractivity contribution in [1.82, 2.24) is 10.2 Å². The number of ketones is 1. The first-order valence-corrected chi connectivity index (χ1v) is 14.4. The molecule has 174 valence electrons. The summed E-state index contributed by atoms with van der Waals surface area (Å²) < 4.78 is 10.6. The number of amides is 2. The van der Waals surface area contributed by atoms with Crippen LogP contribution in [-0.4, -0.2) is 62.8 Å². The van der Waals surface area contributed by atoms with Crippen LogP contribution in [-0.2, 0) is 30.5 Å². The summed E-state index contributed by atoms with van der Waals surface area (Å²) >= 11 is 0. The van der Waals surface area contributed by atoms with E-state index in [1.54, 1.807) is 18.2 Å². The Bertz CT molecular complexity index is 847. The van der Waals surface area contributed by atoms with Crippen LogP contribution in [0.2, 0.25) is 25.7 Å². The molecule has 32 heavy (non-hydrogen) atoms. The van der Waals surface area contributed by atoms with E-state index in [1.807, 2.05) is 12.1 Å². The molecular formula is C23H32N2O6Si. The third-order valence-corrected chi connectivity index (χ3v) is 6.66. The van der Waals surface area contributed by atoms with Crippen molar-refractivity contribution in [3.05, 3.63) is 42.5 Å². The lowest BCUT2D eigenvalue weighted by molar-refractivity contribution is -0.153. The predicted octanol–water partition coefficient (Wildman–Crippen LogP) is 2.17. The van der Waals surface area contributed by atoms with E-state index in [1.165, 1.54) is 4.90 Å². The Labute approximate surface area is 190 Å². The largest absolute Gasteiger partial charge is 0.490 e. The van der Waals surface area contributed by atoms with Crippen LogP contribution in [0.15, 0.2) is 36.9 Å². The van der Waals surface area contributed by atoms with Gasteiger partial charge < -0.3 is 19.7 Å². The van der Waals surface area contributed by atoms with Gasteiger partial charge in [-0.2, -0.15) is 0 Å². The van der Waals surface area contributed by atoms with Gasteiger partial charge in [0.25, 0.3) is 0 Å². The molecule has 1 N–H and O–H groups in total. The monoisotopic (exact) mass is 460 g/mol. The quantitative estimate of drug-likeness (QED) is 0.235. The number of rotatable bonds is 11. The second-order valence-corrected chi connectivity index (χ2v) is 14.5. The van der Waals surface area contributed by atoms with E-state index in [2.05, 4.69) is 31.5 Å². The zero-order valence-corrected chi connectivity index (χ0v) is 20.0. The number of nitrogens with one attached hydrogen (secondary N) is 1. The molecule has 1 atom stereocenters. The van der Waals surface area contributed by atoms with Gasteiger partial charge in [0.15, 0.2) is 11.7 Å². The van der Waals surface area contributed by atoms with Gasteiger partial charge in [-0.05, 0) is 23.7 Å². The van der Waals surface area contributed by atoms with Crippen molar-refractivity contribution < 1.29 is 28.7 Å². The summed E-state index contributed by atoms with van der Waals surface area (Å²) in [6, 6.07) is 8.05. The van der Waals surface area contributed by atoms with E-state index < -0.39 is 37.6 Å². The van der Waals surface area contributed by atoms with Crippen LogP contribution in [0.1, 0.15) is 12.0 Å². The van der Waals surface area contributed by atoms with Gasteiger partial charge in [0.2, 0.25) is 11.8 Å². The molecule has 8 nitrogen and oxygen atoms in total. The van der Waals surface area contributed by atoms with E-state index in [-0.39, 0.29) is 26.1 Å². The molecule has 1 heterocycles. The van der Waals surface area contributed by atoms with Crippen molar-refractivity contribution in [1.29, 1.82) is 0 Å². The van der Waals surface area contributed by atoms with E-state index in [4.69, 9.17) is 9.47 Å². The first-order chi connectivity index (χ1) is 15.1. The molecule has 1 fully saturated rings. The Morgan fingerprint density at radius 2 is 1.91 bits per heavy atom. The highest BCUT2D eigenvalue weighted by molar-refractivity contribution is 6.76. The summed E-state index contributed by atoms with van der Waals surface area (Å²) in [6.07, 6.45) is 1.74. The second-order valence-electron chi connectivity index (χ2n) is 8.90. The summed E-state index contributed by atoms with van der Waals surface area (Å²) in [5.74, 6) is -3.10. The van der Waals surface area contributed by atoms with Crippen molar-refractivity contribution in [2.45, 2.75) is 38.7 Å². The average Bonchev–Trinajstić information content (AvgIpc) is 2.73. The van der Waals surface area contributed by atoms with Crippen molar-refractivity contribution in [2.75, 3.05) is 26.3 Å². The van der Waals surface area contributed by atoms with Gasteiger partial charge in [0.05, 0.1) is 6.61 Å². The van der Waals surface area contributed by atoms with E-state index in [0.717, 1.165) is 11.6 Å². The van der Waals surface area contributed by atoms with Gasteiger partial charge in [-0.15, -0.1) is 0 Å². The van der Waals surface area contributed by atoms with Crippen LogP contribution >= 0.6 is 0 Å². The minimum Gasteiger partial charge on any atom is -0.490 e. The maximum absolute atomic E-state index is 12.8. The number of carbonyl (C=O) groups excluding carboxylic acids is 4. The van der Waals surface area contributed by atoms with Crippen LogP contribution in [0.4, 0.5) is 0 Å². The Morgan fingerprint density at radius 3 is 2.53 bits per heavy atom. The zero-order chi connectivity index (χ0) is 23.7. The Morgan fingerprint density at radius 1 is 1.22 bits per heavy atom. The van der Waals surface area contributed by atoms with Gasteiger partial charge in [-0.3, -0.25) is 19.2 Å². The minimum atomic E-state index is -1.44. The van der Waals surface area contributed by atoms with Gasteiger partial charge in [-0.1, -0.05) is 44.4 Å². The highest BCUT2D eigenvalue weighted by atomic mass is 28.3. The lowest BCUT2D eigenvalue weighted by Crippen LogP contribution is -2.52. The van der Waals surface area contributed by atoms with Crippen LogP contribution in [0.3, 0.4) is 0 Å². The molecule has 0 aliphatic carbocycles. The van der Waals surface area contributed by atoms with E-state index in [0.29, 0.717) is 19.0 Å². The summed E-state index contributed by atoms with van der Waals surface area (Å²) in [5, 5.41) is 2.38. The zero-order valence-electron chi connectivity index (χ0n) is 19.0. The summed E-state index contributed by atoms with van der Waals surface area (Å²) in [7, 11) is -1.33. The standard InChI is InChI=1S/C23H32N2O6Si/c1-5-12-30-18-8-6-17(7-9-18)16-25-11-10-19(26)21(23(25)29)22(28)24-15-20(27)31-13-14-32(2,3)4/h5-9,21H,1,10-16H2,2-4H3,(H,24,28). The summed E-state index contributed by atoms with van der Waals surface area (Å²) in [5.41, 5.74) is 0.851. The summed E-state index contributed by atoms with van der Waals surface area (Å²) in [4.78, 5) is 50.9. The topological polar surface area (TPSA) is 102 Å². The Hall–Kier alpha value is -2.94. The molecule has 1 aromatic carbocycles. The van der Waals surface area contributed by atoms with Gasteiger partial charge in [0, 0.05) is 27.6 Å². The molecule has 0 aromatic heterocycles. The number of Topliss-reactive ketones (excluding diaryl/α,β-unsaturated/α-hetero) is 1. The lowest BCUT2D eigenvalue weighted by atomic mass is 9.94. The Kier molecular flexibility index (Phi) is 9.19. The van der Waals surface area contributed by atoms with Gasteiger partial charge in [0.1, 0.15) is 18.9 Å². The van der Waals surface area contributed by atoms with Gasteiger partial charge in [-0.25, -0.2) is 0 Å². The number of benzene rings is 1. The van der Waals surface area contributed by atoms with E-state index >= 15 is 0 Å². The molecule has 1 unspecified atom stereocenters. The lowest BCUT2D eigenvalue weighted by Gasteiger charge is -2.30. The number of likely N-dealkylation sites (tertiary alicyclic amines) is 1. The average molecular weight is 461 g/mol. The van der Waals surface area contributed by atoms with Crippen molar-refractivity contribution in [3.63, 3.8) is 0 Å². The predicted molar refractivity (Wildman–Crippen MR) is 123 cm³/mol. The van der Waals surface area contributed by atoms with Crippen LogP contribution < -0.4 is 10.1 Å². The summed E-state index contributed by atoms with van der Waals surface area (Å²) in [6.45, 7) is 10.9. The highest BCUT2D eigenvalue weighted by Gasteiger charge is 2.40. The van der Waals surface area contributed by atoms with Gasteiger partial charge >= 0.3 is 5.97 Å². The molecule has 0 saturated carbocycles. The van der Waals surface area contributed by atoms with Crippen LogP contribution in [0, 0.1) is 5.92 Å². The fourth-order valence-corrected chi connectivity index (χ4v) is 3.80. The number of esters is 1. The minimum absolute atomic E-state index is 0.0883. The molecule has 0 radical (unpaired) electrons. The van der Waals surface area contributed by atoms with Crippen LogP contribution in [0.25, 0.3) is 0 Å². The maximum Gasteiger partial charge on any atom is 0.325 e. The third-order valence-electron chi connectivity index (χ3n) is 4.96. The number of hydrogen-bond donors (Lipinski definition) is 1. The normalized spacial score (nSPS) is 16.5. The molecule has 2 amide bonds. The number of nitrogens with zero attached hydrogens (tertiary/aromatic N) is 1. The van der Waals surface area contributed by atoms with E-state index in [9.17, 15) is 19.2 Å². The fourth-order valence-electron chi connectivity index (χ4n) is 3.09. The molecule has 1 aliphatic rings. The SMILES string of the molecule is C=CCOc1ccc(CN2CCC(=O)C(C(=O)NCC(=O)OCC[Si](C)(C)C)C2=O)cc1. The molecule has 9 heteroatoms. The molecular weight excluding hydrogens is 428 g/mol. The number of carbonyl (C=O) groups is 4. The fraction of sp³-hybridized carbons (Fsp3) is 0.478. The van der Waals surface area contributed by atoms with Crippen molar-refractivity contribution in [3.8, 4) is 5.75 Å². The first kappa shape index (κ1) is 25.3. The molecule has 1 aliphatic heterocycles. The smallest absolute Gasteiger partial charge is 0.325 e. The van der Waals surface area contributed by atoms with Crippen LogP contribution in [0.5, 0.6) is 5.75 Å². The number of piperidine rings is 1. The number of hydrogen-bond acceptors (Lipinski definition) is 6. The maximum atomic E-state index is 12.8. The highest BCUT2D eigenvalue weighted by Crippen LogP contribution is 2.20. The second kappa shape index (κ2) is 11.6. The molecule has 1 saturated heterocycles. The first-order valence-electron chi connectivity index (χ1n) is 10.7. The molecule has 2 rings (SSSR count). The van der Waals surface area contributed by atoms with Crippen molar-refractivity contribution >= 4 is 31.6 Å².